The van der Waals surface area contributed by atoms with Crippen molar-refractivity contribution in [2.45, 2.75) is 50.9 Å². The van der Waals surface area contributed by atoms with Crippen molar-refractivity contribution in [3.63, 3.8) is 0 Å². The number of rotatable bonds is 10. The first-order valence-corrected chi connectivity index (χ1v) is 12.0. The molecule has 1 amide bonds. The maximum atomic E-state index is 12.6. The lowest BCUT2D eigenvalue weighted by atomic mass is 9.99. The molecule has 3 rings (SSSR count). The highest BCUT2D eigenvalue weighted by molar-refractivity contribution is 7.99. The minimum atomic E-state index is -0.0530. The lowest BCUT2D eigenvalue weighted by molar-refractivity contribution is -0.113. The molecule has 1 N–H and O–H groups in total. The number of thioether (sulfide) groups is 1. The minimum Gasteiger partial charge on any atom is -0.325 e. The molecule has 3 aromatic rings. The summed E-state index contributed by atoms with van der Waals surface area (Å²) in [5.74, 6) is 1.63. The molecule has 2 aromatic carbocycles. The highest BCUT2D eigenvalue weighted by Crippen LogP contribution is 2.25. The van der Waals surface area contributed by atoms with Crippen LogP contribution in [0.1, 0.15) is 56.1 Å². The molecule has 0 radical (unpaired) electrons. The quantitative estimate of drug-likeness (QED) is 0.430. The van der Waals surface area contributed by atoms with Crippen molar-refractivity contribution in [3.05, 3.63) is 71.5 Å². The van der Waals surface area contributed by atoms with Crippen LogP contribution in [0, 0.1) is 0 Å². The average molecular weight is 452 g/mol. The van der Waals surface area contributed by atoms with Crippen LogP contribution in [0.4, 0.5) is 5.69 Å². The van der Waals surface area contributed by atoms with Gasteiger partial charge in [-0.15, -0.1) is 10.2 Å². The number of benzene rings is 2. The Kier molecular flexibility index (Phi) is 8.47. The van der Waals surface area contributed by atoms with E-state index in [9.17, 15) is 4.79 Å². The van der Waals surface area contributed by atoms with Crippen LogP contribution < -0.4 is 5.32 Å². The van der Waals surface area contributed by atoms with Gasteiger partial charge in [0.25, 0.3) is 0 Å². The molecule has 0 unspecified atom stereocenters. The number of anilines is 1. The molecule has 2 atom stereocenters. The summed E-state index contributed by atoms with van der Waals surface area (Å²) in [6.07, 6.45) is 1.10. The van der Waals surface area contributed by atoms with Crippen molar-refractivity contribution in [1.29, 1.82) is 0 Å². The first-order valence-electron chi connectivity index (χ1n) is 11.0. The van der Waals surface area contributed by atoms with Crippen LogP contribution in [-0.4, -0.2) is 45.4 Å². The Hall–Kier alpha value is -2.64. The molecule has 7 heteroatoms. The van der Waals surface area contributed by atoms with E-state index in [1.54, 1.807) is 0 Å². The van der Waals surface area contributed by atoms with Crippen molar-refractivity contribution in [2.75, 3.05) is 25.2 Å². The van der Waals surface area contributed by atoms with E-state index < -0.39 is 0 Å². The first-order chi connectivity index (χ1) is 15.4. The Labute approximate surface area is 195 Å². The van der Waals surface area contributed by atoms with E-state index in [0.717, 1.165) is 23.1 Å². The second-order valence-electron chi connectivity index (χ2n) is 8.32. The molecule has 32 heavy (non-hydrogen) atoms. The molecule has 0 saturated carbocycles. The second-order valence-corrected chi connectivity index (χ2v) is 9.26. The van der Waals surface area contributed by atoms with E-state index in [2.05, 4.69) is 70.0 Å². The molecule has 170 valence electrons. The van der Waals surface area contributed by atoms with Gasteiger partial charge >= 0.3 is 0 Å². The van der Waals surface area contributed by atoms with Gasteiger partial charge in [-0.25, -0.2) is 0 Å². The molecule has 0 aliphatic rings. The molecule has 0 aliphatic heterocycles. The maximum absolute atomic E-state index is 12.6. The van der Waals surface area contributed by atoms with Gasteiger partial charge in [-0.05, 0) is 56.6 Å². The van der Waals surface area contributed by atoms with E-state index in [1.165, 1.54) is 22.9 Å². The third kappa shape index (κ3) is 6.20. The molecule has 0 bridgehead atoms. The Morgan fingerprint density at radius 1 is 1.06 bits per heavy atom. The number of nitrogens with zero attached hydrogens (tertiary/aromatic N) is 4. The fourth-order valence-corrected chi connectivity index (χ4v) is 4.06. The van der Waals surface area contributed by atoms with Gasteiger partial charge in [-0.3, -0.25) is 9.69 Å². The summed E-state index contributed by atoms with van der Waals surface area (Å²) >= 11 is 1.41. The van der Waals surface area contributed by atoms with Gasteiger partial charge in [0.15, 0.2) is 11.0 Å². The summed E-state index contributed by atoms with van der Waals surface area (Å²) in [4.78, 5) is 14.7. The predicted molar refractivity (Wildman–Crippen MR) is 132 cm³/mol. The molecular formula is C25H33N5OS. The molecule has 0 saturated heterocycles. The minimum absolute atomic E-state index is 0.0530. The highest BCUT2D eigenvalue weighted by atomic mass is 32.2. The molecule has 0 spiro atoms. The van der Waals surface area contributed by atoms with Gasteiger partial charge in [-0.2, -0.15) is 0 Å². The Bertz CT molecular complexity index is 1000. The Morgan fingerprint density at radius 2 is 1.75 bits per heavy atom. The Morgan fingerprint density at radius 3 is 2.38 bits per heavy atom. The summed E-state index contributed by atoms with van der Waals surface area (Å²) < 4.78 is 2.11. The number of nitrogens with one attached hydrogen (secondary N) is 1. The van der Waals surface area contributed by atoms with Gasteiger partial charge in [0.1, 0.15) is 0 Å². The summed E-state index contributed by atoms with van der Waals surface area (Å²) in [6.45, 7) is 7.16. The highest BCUT2D eigenvalue weighted by Gasteiger charge is 2.20. The van der Waals surface area contributed by atoms with Crippen molar-refractivity contribution in [2.24, 2.45) is 0 Å². The van der Waals surface area contributed by atoms with Crippen LogP contribution >= 0.6 is 11.8 Å². The summed E-state index contributed by atoms with van der Waals surface area (Å²) in [5, 5.41) is 12.6. The third-order valence-electron chi connectivity index (χ3n) is 5.79. The molecular weight excluding hydrogens is 418 g/mol. The summed E-state index contributed by atoms with van der Waals surface area (Å²) in [6, 6.07) is 18.5. The zero-order chi connectivity index (χ0) is 23.1. The van der Waals surface area contributed by atoms with Crippen LogP contribution in [0.3, 0.4) is 0 Å². The Balaban J connectivity index is 1.69. The zero-order valence-electron chi connectivity index (χ0n) is 19.6. The molecule has 0 aliphatic carbocycles. The van der Waals surface area contributed by atoms with Crippen LogP contribution in [-0.2, 0) is 11.3 Å². The molecule has 6 nitrogen and oxygen atoms in total. The molecule has 1 heterocycles. The average Bonchev–Trinajstić information content (AvgIpc) is 3.19. The first kappa shape index (κ1) is 24.0. The molecule has 1 aromatic heterocycles. The predicted octanol–water partition coefficient (Wildman–Crippen LogP) is 5.19. The largest absolute Gasteiger partial charge is 0.325 e. The van der Waals surface area contributed by atoms with Gasteiger partial charge in [-0.1, -0.05) is 68.1 Å². The van der Waals surface area contributed by atoms with Crippen LogP contribution in [0.25, 0.3) is 0 Å². The fourth-order valence-electron chi connectivity index (χ4n) is 3.32. The topological polar surface area (TPSA) is 63.1 Å². The van der Waals surface area contributed by atoms with Crippen molar-refractivity contribution in [1.82, 2.24) is 19.7 Å². The number of amides is 1. The summed E-state index contributed by atoms with van der Waals surface area (Å²) in [7, 11) is 4.05. The van der Waals surface area contributed by atoms with Gasteiger partial charge in [0.2, 0.25) is 5.91 Å². The number of hydrogen-bond donors (Lipinski definition) is 1. The standard InChI is InChI=1S/C25H33N5OS/c1-6-18(2)21-12-14-22(15-13-21)26-23(31)17-32-25-28-27-24(19(3)29(4)5)30(25)16-20-10-8-7-9-11-20/h7-15,18-19H,6,16-17H2,1-5H3,(H,26,31)/t18-,19+/m0/s1. The van der Waals surface area contributed by atoms with E-state index in [4.69, 9.17) is 0 Å². The number of carbonyl (C=O) groups is 1. The second kappa shape index (κ2) is 11.3. The smallest absolute Gasteiger partial charge is 0.234 e. The maximum Gasteiger partial charge on any atom is 0.234 e. The van der Waals surface area contributed by atoms with E-state index >= 15 is 0 Å². The lowest BCUT2D eigenvalue weighted by Crippen LogP contribution is -2.21. The van der Waals surface area contributed by atoms with Crippen LogP contribution in [0.15, 0.2) is 59.8 Å². The van der Waals surface area contributed by atoms with Crippen molar-refractivity contribution < 1.29 is 4.79 Å². The SMILES string of the molecule is CC[C@H](C)c1ccc(NC(=O)CSc2nnc([C@@H](C)N(C)C)n2Cc2ccccc2)cc1. The van der Waals surface area contributed by atoms with Crippen molar-refractivity contribution in [3.8, 4) is 0 Å². The monoisotopic (exact) mass is 451 g/mol. The van der Waals surface area contributed by atoms with Gasteiger partial charge in [0.05, 0.1) is 18.3 Å². The zero-order valence-corrected chi connectivity index (χ0v) is 20.4. The van der Waals surface area contributed by atoms with Gasteiger partial charge in [0, 0.05) is 5.69 Å². The van der Waals surface area contributed by atoms with E-state index in [0.29, 0.717) is 12.5 Å². The number of carbonyl (C=O) groups excluding carboxylic acids is 1. The van der Waals surface area contributed by atoms with E-state index in [-0.39, 0.29) is 17.7 Å². The van der Waals surface area contributed by atoms with Crippen LogP contribution in [0.5, 0.6) is 0 Å². The van der Waals surface area contributed by atoms with E-state index in [1.807, 2.05) is 44.4 Å². The van der Waals surface area contributed by atoms with Gasteiger partial charge < -0.3 is 9.88 Å². The van der Waals surface area contributed by atoms with Crippen molar-refractivity contribution >= 4 is 23.4 Å². The molecule has 0 fully saturated rings. The number of hydrogen-bond acceptors (Lipinski definition) is 5. The fraction of sp³-hybridized carbons (Fsp3) is 0.400. The lowest BCUT2D eigenvalue weighted by Gasteiger charge is -2.20. The summed E-state index contributed by atoms with van der Waals surface area (Å²) in [5.41, 5.74) is 3.28. The third-order valence-corrected chi connectivity index (χ3v) is 6.75. The number of aromatic nitrogens is 3. The van der Waals surface area contributed by atoms with Crippen LogP contribution in [0.2, 0.25) is 0 Å². The normalized spacial score (nSPS) is 13.2.